The van der Waals surface area contributed by atoms with Crippen LogP contribution in [0.4, 0.5) is 0 Å². The van der Waals surface area contributed by atoms with E-state index in [-0.39, 0.29) is 11.9 Å². The standard InChI is InChI=1S/C12H19N3O2/c1-14-9-13-6-11(14)8-15-5-3-4-10(7-15)12(16)17-2/h6,9-10H,3-5,7-8H2,1-2H3/t10-/m0/s1. The molecule has 1 saturated heterocycles. The largest absolute Gasteiger partial charge is 0.469 e. The molecule has 0 N–H and O–H groups in total. The van der Waals surface area contributed by atoms with E-state index in [4.69, 9.17) is 4.74 Å². The van der Waals surface area contributed by atoms with Gasteiger partial charge >= 0.3 is 5.97 Å². The van der Waals surface area contributed by atoms with E-state index >= 15 is 0 Å². The molecular formula is C12H19N3O2. The van der Waals surface area contributed by atoms with Gasteiger partial charge < -0.3 is 9.30 Å². The van der Waals surface area contributed by atoms with Crippen molar-refractivity contribution in [3.8, 4) is 0 Å². The number of aryl methyl sites for hydroxylation is 1. The number of carbonyl (C=O) groups is 1. The van der Waals surface area contributed by atoms with Gasteiger partial charge in [-0.3, -0.25) is 9.69 Å². The molecule has 17 heavy (non-hydrogen) atoms. The van der Waals surface area contributed by atoms with Crippen molar-refractivity contribution in [1.82, 2.24) is 14.5 Å². The third kappa shape index (κ3) is 2.85. The van der Waals surface area contributed by atoms with Crippen LogP contribution in [0.1, 0.15) is 18.5 Å². The molecular weight excluding hydrogens is 218 g/mol. The summed E-state index contributed by atoms with van der Waals surface area (Å²) in [5, 5.41) is 0. The second-order valence-corrected chi connectivity index (χ2v) is 4.59. The molecule has 0 amide bonds. The SMILES string of the molecule is COC(=O)[C@H]1CCCN(Cc2cncn2C)C1. The Kier molecular flexibility index (Phi) is 3.78. The van der Waals surface area contributed by atoms with Gasteiger partial charge in [0.15, 0.2) is 0 Å². The number of piperidine rings is 1. The van der Waals surface area contributed by atoms with E-state index in [1.54, 1.807) is 6.33 Å². The summed E-state index contributed by atoms with van der Waals surface area (Å²) in [4.78, 5) is 17.9. The first kappa shape index (κ1) is 12.1. The number of esters is 1. The number of nitrogens with zero attached hydrogens (tertiary/aromatic N) is 3. The van der Waals surface area contributed by atoms with E-state index in [0.717, 1.165) is 32.5 Å². The van der Waals surface area contributed by atoms with Crippen LogP contribution in [0, 0.1) is 5.92 Å². The van der Waals surface area contributed by atoms with Crippen molar-refractivity contribution in [1.29, 1.82) is 0 Å². The fraction of sp³-hybridized carbons (Fsp3) is 0.667. The Morgan fingerprint density at radius 2 is 2.47 bits per heavy atom. The molecule has 1 aliphatic heterocycles. The molecule has 2 rings (SSSR count). The summed E-state index contributed by atoms with van der Waals surface area (Å²) >= 11 is 0. The second kappa shape index (κ2) is 5.31. The van der Waals surface area contributed by atoms with Gasteiger partial charge in [0.2, 0.25) is 0 Å². The molecule has 0 aromatic carbocycles. The molecule has 1 aromatic heterocycles. The van der Waals surface area contributed by atoms with Crippen molar-refractivity contribution >= 4 is 5.97 Å². The van der Waals surface area contributed by atoms with Crippen LogP contribution in [0.25, 0.3) is 0 Å². The molecule has 5 heteroatoms. The average Bonchev–Trinajstić information content (AvgIpc) is 2.74. The lowest BCUT2D eigenvalue weighted by Crippen LogP contribution is -2.38. The number of methoxy groups -OCH3 is 1. The highest BCUT2D eigenvalue weighted by Crippen LogP contribution is 2.19. The van der Waals surface area contributed by atoms with Crippen LogP contribution in [-0.4, -0.2) is 40.6 Å². The highest BCUT2D eigenvalue weighted by Gasteiger charge is 2.26. The van der Waals surface area contributed by atoms with Crippen LogP contribution >= 0.6 is 0 Å². The monoisotopic (exact) mass is 237 g/mol. The lowest BCUT2D eigenvalue weighted by molar-refractivity contribution is -0.147. The Morgan fingerprint density at radius 3 is 3.12 bits per heavy atom. The summed E-state index contributed by atoms with van der Waals surface area (Å²) in [5.74, 6) is -0.0540. The molecule has 1 aliphatic rings. The summed E-state index contributed by atoms with van der Waals surface area (Å²) in [6, 6.07) is 0. The van der Waals surface area contributed by atoms with E-state index in [0.29, 0.717) is 0 Å². The minimum atomic E-state index is -0.0836. The van der Waals surface area contributed by atoms with E-state index < -0.39 is 0 Å². The molecule has 5 nitrogen and oxygen atoms in total. The third-order valence-corrected chi connectivity index (χ3v) is 3.34. The van der Waals surface area contributed by atoms with Gasteiger partial charge in [0.05, 0.1) is 25.0 Å². The number of likely N-dealkylation sites (tertiary alicyclic amines) is 1. The molecule has 0 unspecified atom stereocenters. The minimum Gasteiger partial charge on any atom is -0.469 e. The van der Waals surface area contributed by atoms with E-state index in [9.17, 15) is 4.79 Å². The molecule has 0 radical (unpaired) electrons. The number of rotatable bonds is 3. The Balaban J connectivity index is 1.94. The summed E-state index contributed by atoms with van der Waals surface area (Å²) in [6.07, 6.45) is 5.67. The summed E-state index contributed by atoms with van der Waals surface area (Å²) in [6.45, 7) is 2.68. The Morgan fingerprint density at radius 1 is 1.65 bits per heavy atom. The number of carbonyl (C=O) groups excluding carboxylic acids is 1. The van der Waals surface area contributed by atoms with Crippen LogP contribution in [-0.2, 0) is 23.1 Å². The zero-order valence-corrected chi connectivity index (χ0v) is 10.4. The first-order chi connectivity index (χ1) is 8.20. The summed E-state index contributed by atoms with van der Waals surface area (Å²) in [5.41, 5.74) is 1.18. The maximum Gasteiger partial charge on any atom is 0.309 e. The fourth-order valence-corrected chi connectivity index (χ4v) is 2.32. The van der Waals surface area contributed by atoms with Crippen molar-refractivity contribution < 1.29 is 9.53 Å². The van der Waals surface area contributed by atoms with Gasteiger partial charge in [-0.05, 0) is 19.4 Å². The number of hydrogen-bond donors (Lipinski definition) is 0. The normalized spacial score (nSPS) is 21.4. The predicted molar refractivity (Wildman–Crippen MR) is 63.2 cm³/mol. The van der Waals surface area contributed by atoms with Crippen LogP contribution in [0.5, 0.6) is 0 Å². The van der Waals surface area contributed by atoms with Crippen molar-refractivity contribution in [3.63, 3.8) is 0 Å². The minimum absolute atomic E-state index is 0.0296. The van der Waals surface area contributed by atoms with Gasteiger partial charge in [-0.2, -0.15) is 0 Å². The summed E-state index contributed by atoms with van der Waals surface area (Å²) < 4.78 is 6.83. The molecule has 1 aromatic rings. The number of aromatic nitrogens is 2. The van der Waals surface area contributed by atoms with Gasteiger partial charge in [-0.15, -0.1) is 0 Å². The van der Waals surface area contributed by atoms with Crippen molar-refractivity contribution in [2.24, 2.45) is 13.0 Å². The van der Waals surface area contributed by atoms with Gasteiger partial charge in [-0.25, -0.2) is 4.98 Å². The van der Waals surface area contributed by atoms with Crippen LogP contribution in [0.3, 0.4) is 0 Å². The maximum atomic E-state index is 11.5. The van der Waals surface area contributed by atoms with Gasteiger partial charge in [0, 0.05) is 26.3 Å². The van der Waals surface area contributed by atoms with Gasteiger partial charge in [-0.1, -0.05) is 0 Å². The maximum absolute atomic E-state index is 11.5. The van der Waals surface area contributed by atoms with Crippen LogP contribution < -0.4 is 0 Å². The van der Waals surface area contributed by atoms with E-state index in [1.165, 1.54) is 12.8 Å². The first-order valence-corrected chi connectivity index (χ1v) is 5.96. The number of hydrogen-bond acceptors (Lipinski definition) is 4. The second-order valence-electron chi connectivity index (χ2n) is 4.59. The van der Waals surface area contributed by atoms with Gasteiger partial charge in [0.25, 0.3) is 0 Å². The van der Waals surface area contributed by atoms with Gasteiger partial charge in [0.1, 0.15) is 0 Å². The first-order valence-electron chi connectivity index (χ1n) is 5.96. The molecule has 0 saturated carbocycles. The smallest absolute Gasteiger partial charge is 0.309 e. The lowest BCUT2D eigenvalue weighted by Gasteiger charge is -2.31. The zero-order chi connectivity index (χ0) is 12.3. The van der Waals surface area contributed by atoms with Crippen molar-refractivity contribution in [2.75, 3.05) is 20.2 Å². The molecule has 2 heterocycles. The Hall–Kier alpha value is -1.36. The fourth-order valence-electron chi connectivity index (χ4n) is 2.32. The number of ether oxygens (including phenoxy) is 1. The highest BCUT2D eigenvalue weighted by molar-refractivity contribution is 5.72. The van der Waals surface area contributed by atoms with Crippen LogP contribution in [0.2, 0.25) is 0 Å². The molecule has 94 valence electrons. The Labute approximate surface area is 101 Å². The van der Waals surface area contributed by atoms with Crippen LogP contribution in [0.15, 0.2) is 12.5 Å². The van der Waals surface area contributed by atoms with E-state index in [1.807, 2.05) is 17.8 Å². The Bertz CT molecular complexity index is 389. The summed E-state index contributed by atoms with van der Waals surface area (Å²) in [7, 11) is 3.45. The van der Waals surface area contributed by atoms with E-state index in [2.05, 4.69) is 9.88 Å². The lowest BCUT2D eigenvalue weighted by atomic mass is 9.98. The predicted octanol–water partition coefficient (Wildman–Crippen LogP) is 0.805. The molecule has 1 atom stereocenters. The molecule has 1 fully saturated rings. The third-order valence-electron chi connectivity index (χ3n) is 3.34. The average molecular weight is 237 g/mol. The number of imidazole rings is 1. The highest BCUT2D eigenvalue weighted by atomic mass is 16.5. The molecule has 0 aliphatic carbocycles. The molecule has 0 spiro atoms. The quantitative estimate of drug-likeness (QED) is 0.730. The van der Waals surface area contributed by atoms with Crippen molar-refractivity contribution in [2.45, 2.75) is 19.4 Å². The van der Waals surface area contributed by atoms with Crippen molar-refractivity contribution in [3.05, 3.63) is 18.2 Å². The zero-order valence-electron chi connectivity index (χ0n) is 10.4. The molecule has 0 bridgehead atoms. The topological polar surface area (TPSA) is 47.4 Å².